The number of nitrogens with zero attached hydrogens (tertiary/aromatic N) is 8. The molecular formula is C16H21ClN8. The van der Waals surface area contributed by atoms with Crippen molar-refractivity contribution in [3.63, 3.8) is 0 Å². The molecule has 25 heavy (non-hydrogen) atoms. The lowest BCUT2D eigenvalue weighted by atomic mass is 10.2. The third-order valence-electron chi connectivity index (χ3n) is 4.85. The van der Waals surface area contributed by atoms with Crippen molar-refractivity contribution in [1.29, 1.82) is 0 Å². The van der Waals surface area contributed by atoms with Crippen LogP contribution in [0, 0.1) is 6.92 Å². The second kappa shape index (κ2) is 6.27. The molecule has 1 unspecified atom stereocenters. The highest BCUT2D eigenvalue weighted by Crippen LogP contribution is 2.23. The van der Waals surface area contributed by atoms with Gasteiger partial charge in [0.05, 0.1) is 16.4 Å². The van der Waals surface area contributed by atoms with Crippen molar-refractivity contribution in [2.75, 3.05) is 24.5 Å². The summed E-state index contributed by atoms with van der Waals surface area (Å²) in [7, 11) is 1.93. The van der Waals surface area contributed by atoms with E-state index in [2.05, 4.69) is 37.1 Å². The first-order valence-electron chi connectivity index (χ1n) is 8.37. The number of aryl methyl sites for hydroxylation is 1. The van der Waals surface area contributed by atoms with E-state index in [1.54, 1.807) is 10.8 Å². The molecule has 9 heteroatoms. The number of anilines is 1. The number of aromatic nitrogens is 6. The predicted molar refractivity (Wildman–Crippen MR) is 95.8 cm³/mol. The van der Waals surface area contributed by atoms with Gasteiger partial charge in [-0.1, -0.05) is 11.6 Å². The van der Waals surface area contributed by atoms with Gasteiger partial charge in [-0.05, 0) is 26.0 Å². The van der Waals surface area contributed by atoms with Gasteiger partial charge in [0.15, 0.2) is 5.65 Å². The molecule has 8 nitrogen and oxygen atoms in total. The van der Waals surface area contributed by atoms with E-state index in [4.69, 9.17) is 11.6 Å². The Morgan fingerprint density at radius 2 is 2.08 bits per heavy atom. The Hall–Kier alpha value is -2.19. The second-order valence-electron chi connectivity index (χ2n) is 6.57. The van der Waals surface area contributed by atoms with Crippen molar-refractivity contribution in [3.8, 4) is 0 Å². The van der Waals surface area contributed by atoms with Crippen molar-refractivity contribution in [2.45, 2.75) is 26.4 Å². The zero-order valence-electron chi connectivity index (χ0n) is 14.6. The lowest BCUT2D eigenvalue weighted by molar-refractivity contribution is 0.217. The molecule has 0 aromatic carbocycles. The van der Waals surface area contributed by atoms with Gasteiger partial charge in [0.2, 0.25) is 0 Å². The maximum atomic E-state index is 6.39. The van der Waals surface area contributed by atoms with Crippen LogP contribution in [-0.4, -0.2) is 60.2 Å². The molecule has 0 saturated carbocycles. The van der Waals surface area contributed by atoms with E-state index in [9.17, 15) is 0 Å². The van der Waals surface area contributed by atoms with Gasteiger partial charge in [0, 0.05) is 39.3 Å². The molecule has 0 amide bonds. The van der Waals surface area contributed by atoms with Crippen LogP contribution < -0.4 is 4.90 Å². The molecule has 1 fully saturated rings. The quantitative estimate of drug-likeness (QED) is 0.705. The molecule has 0 spiro atoms. The average Bonchev–Trinajstić information content (AvgIpc) is 3.15. The van der Waals surface area contributed by atoms with E-state index in [1.165, 1.54) is 0 Å². The summed E-state index contributed by atoms with van der Waals surface area (Å²) < 4.78 is 3.56. The summed E-state index contributed by atoms with van der Waals surface area (Å²) in [5, 5.41) is 17.8. The van der Waals surface area contributed by atoms with Gasteiger partial charge in [-0.2, -0.15) is 9.61 Å². The van der Waals surface area contributed by atoms with Crippen LogP contribution in [0.5, 0.6) is 0 Å². The van der Waals surface area contributed by atoms with E-state index in [-0.39, 0.29) is 0 Å². The van der Waals surface area contributed by atoms with E-state index in [0.29, 0.717) is 6.04 Å². The number of rotatable bonds is 3. The molecule has 0 N–H and O–H groups in total. The molecular weight excluding hydrogens is 340 g/mol. The molecule has 0 aliphatic carbocycles. The minimum atomic E-state index is 0.346. The van der Waals surface area contributed by atoms with E-state index in [0.717, 1.165) is 54.1 Å². The van der Waals surface area contributed by atoms with Crippen molar-refractivity contribution in [2.24, 2.45) is 7.05 Å². The van der Waals surface area contributed by atoms with Crippen molar-refractivity contribution in [3.05, 3.63) is 34.9 Å². The Morgan fingerprint density at radius 1 is 1.24 bits per heavy atom. The Balaban J connectivity index is 1.47. The molecule has 4 heterocycles. The molecule has 132 valence electrons. The molecule has 1 aliphatic heterocycles. The summed E-state index contributed by atoms with van der Waals surface area (Å²) in [6.45, 7) is 7.77. The fourth-order valence-corrected chi connectivity index (χ4v) is 3.57. The van der Waals surface area contributed by atoms with Gasteiger partial charge >= 0.3 is 0 Å². The number of halogens is 1. The molecule has 4 rings (SSSR count). The highest BCUT2D eigenvalue weighted by Gasteiger charge is 2.26. The first kappa shape index (κ1) is 16.3. The molecule has 1 aliphatic rings. The summed E-state index contributed by atoms with van der Waals surface area (Å²) in [5.41, 5.74) is 2.72. The van der Waals surface area contributed by atoms with Gasteiger partial charge in [-0.25, -0.2) is 0 Å². The van der Waals surface area contributed by atoms with Crippen LogP contribution >= 0.6 is 11.6 Å². The van der Waals surface area contributed by atoms with Gasteiger partial charge in [-0.15, -0.1) is 15.3 Å². The van der Waals surface area contributed by atoms with E-state index in [1.807, 2.05) is 30.8 Å². The molecule has 1 atom stereocenters. The normalized spacial score (nSPS) is 19.0. The van der Waals surface area contributed by atoms with Crippen molar-refractivity contribution < 1.29 is 0 Å². The highest BCUT2D eigenvalue weighted by molar-refractivity contribution is 6.31. The van der Waals surface area contributed by atoms with Crippen LogP contribution in [0.3, 0.4) is 0 Å². The maximum Gasteiger partial charge on any atom is 0.177 e. The topological polar surface area (TPSA) is 67.4 Å². The van der Waals surface area contributed by atoms with Crippen LogP contribution in [0.4, 0.5) is 5.82 Å². The van der Waals surface area contributed by atoms with Crippen LogP contribution in [0.1, 0.15) is 18.3 Å². The predicted octanol–water partition coefficient (Wildman–Crippen LogP) is 1.53. The molecule has 0 radical (unpaired) electrons. The minimum absolute atomic E-state index is 0.346. The Labute approximate surface area is 151 Å². The minimum Gasteiger partial charge on any atom is -0.350 e. The van der Waals surface area contributed by atoms with Gasteiger partial charge in [-0.3, -0.25) is 9.58 Å². The molecule has 0 bridgehead atoms. The number of piperazine rings is 1. The summed E-state index contributed by atoms with van der Waals surface area (Å²) in [4.78, 5) is 4.72. The van der Waals surface area contributed by atoms with Gasteiger partial charge in [0.25, 0.3) is 0 Å². The Bertz CT molecular complexity index is 901. The first-order chi connectivity index (χ1) is 12.0. The number of hydrogen-bond donors (Lipinski definition) is 0. The summed E-state index contributed by atoms with van der Waals surface area (Å²) in [6.07, 6.45) is 1.63. The van der Waals surface area contributed by atoms with Gasteiger partial charge in [0.1, 0.15) is 12.1 Å². The molecule has 3 aromatic rings. The largest absolute Gasteiger partial charge is 0.350 e. The van der Waals surface area contributed by atoms with E-state index >= 15 is 0 Å². The third-order valence-corrected chi connectivity index (χ3v) is 5.35. The lowest BCUT2D eigenvalue weighted by Gasteiger charge is -2.40. The van der Waals surface area contributed by atoms with Gasteiger partial charge < -0.3 is 4.90 Å². The summed E-state index contributed by atoms with van der Waals surface area (Å²) in [6, 6.07) is 4.30. The Morgan fingerprint density at radius 3 is 2.80 bits per heavy atom. The number of hydrogen-bond acceptors (Lipinski definition) is 6. The zero-order valence-corrected chi connectivity index (χ0v) is 15.3. The fourth-order valence-electron chi connectivity index (χ4n) is 3.35. The fraction of sp³-hybridized carbons (Fsp3) is 0.500. The van der Waals surface area contributed by atoms with Crippen LogP contribution in [0.15, 0.2) is 18.5 Å². The van der Waals surface area contributed by atoms with Crippen LogP contribution in [0.25, 0.3) is 5.65 Å². The van der Waals surface area contributed by atoms with Crippen molar-refractivity contribution >= 4 is 23.1 Å². The maximum absolute atomic E-state index is 6.39. The zero-order chi connectivity index (χ0) is 17.6. The SMILES string of the molecule is Cc1c(Cl)c(CN2CCN(c3ccc4nncn4n3)C(C)C2)nn1C. The summed E-state index contributed by atoms with van der Waals surface area (Å²) >= 11 is 6.39. The second-order valence-corrected chi connectivity index (χ2v) is 6.95. The molecule has 3 aromatic heterocycles. The number of fused-ring (bicyclic) bond motifs is 1. The monoisotopic (exact) mass is 360 g/mol. The first-order valence-corrected chi connectivity index (χ1v) is 8.75. The Kier molecular flexibility index (Phi) is 4.09. The van der Waals surface area contributed by atoms with Crippen LogP contribution in [-0.2, 0) is 13.6 Å². The van der Waals surface area contributed by atoms with Crippen molar-refractivity contribution in [1.82, 2.24) is 34.5 Å². The lowest BCUT2D eigenvalue weighted by Crippen LogP contribution is -2.52. The van der Waals surface area contributed by atoms with E-state index < -0.39 is 0 Å². The summed E-state index contributed by atoms with van der Waals surface area (Å²) in [5.74, 6) is 0.950. The smallest absolute Gasteiger partial charge is 0.177 e. The van der Waals surface area contributed by atoms with Crippen LogP contribution in [0.2, 0.25) is 5.02 Å². The standard InChI is InChI=1S/C16H21ClN8/c1-11-8-23(9-13-16(17)12(2)22(3)20-13)6-7-24(11)15-5-4-14-19-18-10-25(14)21-15/h4-5,10-11H,6-9H2,1-3H3. The third kappa shape index (κ3) is 2.96. The molecule has 1 saturated heterocycles. The highest BCUT2D eigenvalue weighted by atomic mass is 35.5. The average molecular weight is 361 g/mol.